The molecule has 0 unspecified atom stereocenters. The topological polar surface area (TPSA) is 52.6 Å². The molecule has 6 heteroatoms. The minimum absolute atomic E-state index is 0.0743. The van der Waals surface area contributed by atoms with Crippen molar-refractivity contribution in [1.82, 2.24) is 0 Å². The molecule has 0 saturated heterocycles. The SMILES string of the molecule is O=P(c1ccccc1)(c1ccccc1)c1ccc2c3c(ccc(P(=O)(c4ccccc4)c4ccccc4)c13)OCO2. The molecule has 1 heterocycles. The molecule has 0 aromatic heterocycles. The van der Waals surface area contributed by atoms with Gasteiger partial charge in [0, 0.05) is 37.2 Å². The van der Waals surface area contributed by atoms with Crippen LogP contribution >= 0.6 is 14.3 Å². The maximum absolute atomic E-state index is 15.7. The van der Waals surface area contributed by atoms with Crippen LogP contribution in [0, 0.1) is 0 Å². The first-order valence-corrected chi connectivity index (χ1v) is 16.8. The van der Waals surface area contributed by atoms with E-state index in [0.29, 0.717) is 54.1 Å². The minimum Gasteiger partial charge on any atom is -0.457 e. The molecule has 0 fully saturated rings. The zero-order valence-electron chi connectivity index (χ0n) is 22.1. The Bertz CT molecular complexity index is 1730. The standard InChI is InChI=1S/C35H26O4P2/c36-40(26-13-5-1-6-14-26,27-15-7-2-8-16-27)32-23-21-30-34-31(39-25-38-30)22-24-33(35(32)34)41(37,28-17-9-3-10-18-28)29-19-11-4-12-20-29/h1-24H,25H2. The molecular formula is C35H26O4P2. The number of ether oxygens (including phenoxy) is 2. The van der Waals surface area contributed by atoms with Crippen LogP contribution in [0.15, 0.2) is 146 Å². The molecule has 1 aliphatic heterocycles. The summed E-state index contributed by atoms with van der Waals surface area (Å²) in [7, 11) is -6.92. The van der Waals surface area contributed by atoms with Gasteiger partial charge in [-0.05, 0) is 24.3 Å². The Hall–Kier alpha value is -4.36. The summed E-state index contributed by atoms with van der Waals surface area (Å²) in [6.45, 7) is 0.0743. The highest BCUT2D eigenvalue weighted by Crippen LogP contribution is 2.51. The van der Waals surface area contributed by atoms with Gasteiger partial charge in [-0.3, -0.25) is 0 Å². The third-order valence-electron chi connectivity index (χ3n) is 7.63. The lowest BCUT2D eigenvalue weighted by Crippen LogP contribution is -2.32. The molecule has 1 aliphatic rings. The Morgan fingerprint density at radius 1 is 0.390 bits per heavy atom. The van der Waals surface area contributed by atoms with Crippen molar-refractivity contribution in [3.63, 3.8) is 0 Å². The maximum Gasteiger partial charge on any atom is 0.230 e. The lowest BCUT2D eigenvalue weighted by molar-refractivity contribution is 0.112. The van der Waals surface area contributed by atoms with E-state index >= 15 is 9.13 Å². The molecule has 7 rings (SSSR count). The molecule has 0 spiro atoms. The lowest BCUT2D eigenvalue weighted by atomic mass is 10.1. The Balaban J connectivity index is 1.67. The molecule has 0 amide bonds. The zero-order valence-corrected chi connectivity index (χ0v) is 23.9. The van der Waals surface area contributed by atoms with Crippen LogP contribution in [0.4, 0.5) is 0 Å². The molecule has 6 aromatic rings. The number of rotatable bonds is 6. The second-order valence-electron chi connectivity index (χ2n) is 9.88. The molecular weight excluding hydrogens is 546 g/mol. The van der Waals surface area contributed by atoms with Crippen LogP contribution in [0.2, 0.25) is 0 Å². The summed E-state index contributed by atoms with van der Waals surface area (Å²) < 4.78 is 43.4. The maximum atomic E-state index is 15.7. The van der Waals surface area contributed by atoms with E-state index in [-0.39, 0.29) is 6.79 Å². The van der Waals surface area contributed by atoms with Gasteiger partial charge in [-0.1, -0.05) is 121 Å². The average molecular weight is 573 g/mol. The Labute approximate surface area is 239 Å². The molecule has 4 nitrogen and oxygen atoms in total. The first-order chi connectivity index (χ1) is 20.1. The quantitative estimate of drug-likeness (QED) is 0.235. The second-order valence-corrected chi connectivity index (χ2v) is 15.3. The van der Waals surface area contributed by atoms with Gasteiger partial charge in [0.2, 0.25) is 6.79 Å². The van der Waals surface area contributed by atoms with Gasteiger partial charge in [-0.2, -0.15) is 0 Å². The van der Waals surface area contributed by atoms with E-state index in [1.54, 1.807) is 0 Å². The summed E-state index contributed by atoms with van der Waals surface area (Å²) in [6, 6.07) is 45.7. The highest BCUT2D eigenvalue weighted by Gasteiger charge is 2.38. The monoisotopic (exact) mass is 572 g/mol. The van der Waals surface area contributed by atoms with Gasteiger partial charge in [-0.25, -0.2) is 0 Å². The summed E-state index contributed by atoms with van der Waals surface area (Å²) >= 11 is 0. The summed E-state index contributed by atoms with van der Waals surface area (Å²) in [5, 5.41) is 5.33. The number of hydrogen-bond donors (Lipinski definition) is 0. The van der Waals surface area contributed by atoms with E-state index < -0.39 is 14.3 Å². The molecule has 0 radical (unpaired) electrons. The van der Waals surface area contributed by atoms with Gasteiger partial charge < -0.3 is 18.6 Å². The van der Waals surface area contributed by atoms with Crippen LogP contribution < -0.4 is 41.3 Å². The Morgan fingerprint density at radius 2 is 0.707 bits per heavy atom. The largest absolute Gasteiger partial charge is 0.457 e. The molecule has 0 atom stereocenters. The fourth-order valence-electron chi connectivity index (χ4n) is 5.73. The van der Waals surface area contributed by atoms with Crippen molar-refractivity contribution in [3.05, 3.63) is 146 Å². The molecule has 0 aliphatic carbocycles. The van der Waals surface area contributed by atoms with Crippen LogP contribution in [-0.2, 0) is 9.13 Å². The van der Waals surface area contributed by atoms with Crippen molar-refractivity contribution >= 4 is 56.9 Å². The highest BCUT2D eigenvalue weighted by atomic mass is 31.2. The van der Waals surface area contributed by atoms with Crippen LogP contribution in [-0.4, -0.2) is 6.79 Å². The smallest absolute Gasteiger partial charge is 0.230 e. The molecule has 6 aromatic carbocycles. The van der Waals surface area contributed by atoms with Crippen molar-refractivity contribution in [1.29, 1.82) is 0 Å². The fourth-order valence-corrected chi connectivity index (χ4v) is 11.6. The van der Waals surface area contributed by atoms with Gasteiger partial charge in [0.15, 0.2) is 14.3 Å². The van der Waals surface area contributed by atoms with Crippen LogP contribution in [0.5, 0.6) is 11.5 Å². The van der Waals surface area contributed by atoms with E-state index in [4.69, 9.17) is 9.47 Å². The predicted molar refractivity (Wildman–Crippen MR) is 169 cm³/mol. The fraction of sp³-hybridized carbons (Fsp3) is 0.0286. The normalized spacial score (nSPS) is 12.9. The van der Waals surface area contributed by atoms with Crippen LogP contribution in [0.25, 0.3) is 10.8 Å². The highest BCUT2D eigenvalue weighted by molar-refractivity contribution is 7.87. The van der Waals surface area contributed by atoms with Gasteiger partial charge in [-0.15, -0.1) is 0 Å². The van der Waals surface area contributed by atoms with Crippen molar-refractivity contribution in [3.8, 4) is 11.5 Å². The molecule has 0 saturated carbocycles. The van der Waals surface area contributed by atoms with Crippen molar-refractivity contribution < 1.29 is 18.6 Å². The average Bonchev–Trinajstić information content (AvgIpc) is 3.06. The van der Waals surface area contributed by atoms with E-state index in [1.165, 1.54) is 0 Å². The van der Waals surface area contributed by atoms with Crippen molar-refractivity contribution in [2.24, 2.45) is 0 Å². The van der Waals surface area contributed by atoms with E-state index in [1.807, 2.05) is 146 Å². The molecule has 41 heavy (non-hydrogen) atoms. The number of benzene rings is 6. The first kappa shape index (κ1) is 25.6. The Morgan fingerprint density at radius 3 is 1.02 bits per heavy atom. The Kier molecular flexibility index (Phi) is 6.39. The van der Waals surface area contributed by atoms with Gasteiger partial charge in [0.25, 0.3) is 0 Å². The van der Waals surface area contributed by atoms with E-state index in [9.17, 15) is 0 Å². The summed E-state index contributed by atoms with van der Waals surface area (Å²) in [5.41, 5.74) is 0. The first-order valence-electron chi connectivity index (χ1n) is 13.4. The predicted octanol–water partition coefficient (Wildman–Crippen LogP) is 5.85. The third kappa shape index (κ3) is 4.06. The third-order valence-corrected chi connectivity index (χ3v) is 13.8. The van der Waals surface area contributed by atoms with Gasteiger partial charge in [0.05, 0.1) is 5.39 Å². The second kappa shape index (κ2) is 10.2. The van der Waals surface area contributed by atoms with E-state index in [2.05, 4.69) is 0 Å². The van der Waals surface area contributed by atoms with Crippen LogP contribution in [0.3, 0.4) is 0 Å². The van der Waals surface area contributed by atoms with Crippen LogP contribution in [0.1, 0.15) is 0 Å². The van der Waals surface area contributed by atoms with Crippen molar-refractivity contribution in [2.75, 3.05) is 6.79 Å². The molecule has 0 bridgehead atoms. The van der Waals surface area contributed by atoms with Gasteiger partial charge in [0.1, 0.15) is 11.5 Å². The summed E-state index contributed by atoms with van der Waals surface area (Å²) in [4.78, 5) is 0. The zero-order chi connectivity index (χ0) is 27.9. The minimum atomic E-state index is -3.46. The van der Waals surface area contributed by atoms with Gasteiger partial charge >= 0.3 is 0 Å². The number of hydrogen-bond acceptors (Lipinski definition) is 4. The van der Waals surface area contributed by atoms with E-state index in [0.717, 1.165) is 0 Å². The van der Waals surface area contributed by atoms with Crippen molar-refractivity contribution in [2.45, 2.75) is 0 Å². The summed E-state index contributed by atoms with van der Waals surface area (Å²) in [5.74, 6) is 1.24. The summed E-state index contributed by atoms with van der Waals surface area (Å²) in [6.07, 6.45) is 0. The lowest BCUT2D eigenvalue weighted by Gasteiger charge is -2.29. The molecule has 0 N–H and O–H groups in total. The molecule has 200 valence electrons.